The standard InChI is InChI=1S/C77H150O17P2/c1-7-10-12-14-16-18-20-22-24-25-29-32-36-40-47-53-59-74(79)87-65-72(93-76(81)62-56-50-42-38-34-30-26-27-31-35-39-45-51-57-69(4)5)67-91-95(83,84)89-63-71(78)64-90-96(85,86)92-68-73(66-88-75(80)60-54-48-44-43-46-52-58-70(6)9-3)94-77(82)61-55-49-41-37-33-28-23-21-19-17-15-13-11-8-2/h69-73,78H,7-68H2,1-6H3,(H,83,84)(H,85,86)/t70?,71-,72-,73-/m1/s1. The Balaban J connectivity index is 5.25. The number of aliphatic hydroxyl groups excluding tert-OH is 1. The SMILES string of the molecule is CCCCCCCCCCCCCCCCCCC(=O)OC[C@H](COP(=O)(O)OC[C@@H](O)COP(=O)(O)OC[C@@H](COC(=O)CCCCCCCCC(C)CC)OC(=O)CCCCCCCCCCCCCCCC)OC(=O)CCCCCCCCCCCCCCCC(C)C. The smallest absolute Gasteiger partial charge is 0.462 e. The summed E-state index contributed by atoms with van der Waals surface area (Å²) in [6.45, 7) is 9.59. The van der Waals surface area contributed by atoms with Gasteiger partial charge in [-0.25, -0.2) is 9.13 Å². The van der Waals surface area contributed by atoms with Gasteiger partial charge in [0.2, 0.25) is 0 Å². The van der Waals surface area contributed by atoms with Crippen LogP contribution in [0.15, 0.2) is 0 Å². The van der Waals surface area contributed by atoms with E-state index in [4.69, 9.17) is 37.0 Å². The number of ether oxygens (including phenoxy) is 4. The third-order valence-corrected chi connectivity index (χ3v) is 20.2. The summed E-state index contributed by atoms with van der Waals surface area (Å²) >= 11 is 0. The summed E-state index contributed by atoms with van der Waals surface area (Å²) in [7, 11) is -9.91. The van der Waals surface area contributed by atoms with E-state index >= 15 is 0 Å². The van der Waals surface area contributed by atoms with Gasteiger partial charge in [0.05, 0.1) is 26.4 Å². The molecule has 0 saturated heterocycles. The van der Waals surface area contributed by atoms with E-state index in [1.165, 1.54) is 212 Å². The molecular weight excluding hydrogens is 1260 g/mol. The number of rotatable bonds is 76. The van der Waals surface area contributed by atoms with Crippen molar-refractivity contribution in [2.75, 3.05) is 39.6 Å². The molecule has 6 atom stereocenters. The van der Waals surface area contributed by atoms with Crippen LogP contribution in [0.2, 0.25) is 0 Å². The zero-order chi connectivity index (χ0) is 70.7. The maximum Gasteiger partial charge on any atom is 0.472 e. The molecule has 0 heterocycles. The van der Waals surface area contributed by atoms with Crippen LogP contribution in [0.5, 0.6) is 0 Å². The quantitative estimate of drug-likeness (QED) is 0.0222. The fourth-order valence-electron chi connectivity index (χ4n) is 11.8. The molecule has 0 aromatic carbocycles. The average molecular weight is 1410 g/mol. The lowest BCUT2D eigenvalue weighted by molar-refractivity contribution is -0.161. The van der Waals surface area contributed by atoms with E-state index in [9.17, 15) is 43.2 Å². The molecule has 0 aliphatic heterocycles. The van der Waals surface area contributed by atoms with Crippen molar-refractivity contribution in [3.05, 3.63) is 0 Å². The third-order valence-electron chi connectivity index (χ3n) is 18.3. The molecule has 3 unspecified atom stereocenters. The van der Waals surface area contributed by atoms with Crippen molar-refractivity contribution in [2.24, 2.45) is 11.8 Å². The molecule has 570 valence electrons. The molecule has 19 heteroatoms. The highest BCUT2D eigenvalue weighted by molar-refractivity contribution is 7.47. The number of esters is 4. The van der Waals surface area contributed by atoms with Crippen LogP contribution in [-0.4, -0.2) is 96.7 Å². The number of phosphoric ester groups is 2. The number of carbonyl (C=O) groups excluding carboxylic acids is 4. The van der Waals surface area contributed by atoms with Gasteiger partial charge in [0, 0.05) is 25.7 Å². The molecular formula is C77H150O17P2. The molecule has 0 bridgehead atoms. The van der Waals surface area contributed by atoms with Gasteiger partial charge in [0.25, 0.3) is 0 Å². The van der Waals surface area contributed by atoms with Crippen LogP contribution in [0, 0.1) is 11.8 Å². The predicted molar refractivity (Wildman–Crippen MR) is 391 cm³/mol. The van der Waals surface area contributed by atoms with Crippen molar-refractivity contribution in [1.82, 2.24) is 0 Å². The maximum absolute atomic E-state index is 13.1. The van der Waals surface area contributed by atoms with Crippen molar-refractivity contribution >= 4 is 39.5 Å². The van der Waals surface area contributed by atoms with Crippen LogP contribution in [0.1, 0.15) is 401 Å². The first-order valence-corrected chi connectivity index (χ1v) is 43.0. The van der Waals surface area contributed by atoms with Gasteiger partial charge in [-0.2, -0.15) is 0 Å². The van der Waals surface area contributed by atoms with Crippen LogP contribution in [0.25, 0.3) is 0 Å². The Kier molecular flexibility index (Phi) is 67.4. The lowest BCUT2D eigenvalue weighted by atomic mass is 10.00. The van der Waals surface area contributed by atoms with Crippen LogP contribution in [-0.2, 0) is 65.4 Å². The highest BCUT2D eigenvalue weighted by atomic mass is 31.2. The molecule has 0 aromatic heterocycles. The first kappa shape index (κ1) is 94.1. The predicted octanol–water partition coefficient (Wildman–Crippen LogP) is 22.7. The number of hydrogen-bond donors (Lipinski definition) is 3. The van der Waals surface area contributed by atoms with E-state index in [0.29, 0.717) is 25.7 Å². The molecule has 0 amide bonds. The van der Waals surface area contributed by atoms with Crippen molar-refractivity contribution in [2.45, 2.75) is 419 Å². The van der Waals surface area contributed by atoms with Gasteiger partial charge in [0.1, 0.15) is 19.3 Å². The van der Waals surface area contributed by atoms with E-state index in [0.717, 1.165) is 108 Å². The van der Waals surface area contributed by atoms with Crippen LogP contribution in [0.3, 0.4) is 0 Å². The molecule has 96 heavy (non-hydrogen) atoms. The number of unbranched alkanes of at least 4 members (excludes halogenated alkanes) is 45. The van der Waals surface area contributed by atoms with Crippen LogP contribution < -0.4 is 0 Å². The summed E-state index contributed by atoms with van der Waals surface area (Å²) in [5, 5.41) is 10.6. The zero-order valence-electron chi connectivity index (χ0n) is 62.7. The van der Waals surface area contributed by atoms with E-state index in [2.05, 4.69) is 41.5 Å². The average Bonchev–Trinajstić information content (AvgIpc) is 1.43. The van der Waals surface area contributed by atoms with Gasteiger partial charge in [-0.05, 0) is 37.5 Å². The van der Waals surface area contributed by atoms with E-state index < -0.39 is 97.5 Å². The Morgan fingerprint density at radius 3 is 0.792 bits per heavy atom. The van der Waals surface area contributed by atoms with E-state index in [-0.39, 0.29) is 25.7 Å². The summed E-state index contributed by atoms with van der Waals surface area (Å²) in [6, 6.07) is 0. The van der Waals surface area contributed by atoms with E-state index in [1.54, 1.807) is 0 Å². The molecule has 0 saturated carbocycles. The van der Waals surface area contributed by atoms with Crippen LogP contribution >= 0.6 is 15.6 Å². The second-order valence-electron chi connectivity index (χ2n) is 28.5. The minimum Gasteiger partial charge on any atom is -0.462 e. The molecule has 17 nitrogen and oxygen atoms in total. The fourth-order valence-corrected chi connectivity index (χ4v) is 13.4. The van der Waals surface area contributed by atoms with Gasteiger partial charge in [0.15, 0.2) is 12.2 Å². The lowest BCUT2D eigenvalue weighted by Crippen LogP contribution is -2.30. The molecule has 3 N–H and O–H groups in total. The number of aliphatic hydroxyl groups is 1. The molecule has 0 radical (unpaired) electrons. The summed E-state index contributed by atoms with van der Waals surface area (Å²) in [4.78, 5) is 72.9. The Hall–Kier alpha value is -1.94. The van der Waals surface area contributed by atoms with Crippen molar-refractivity contribution < 1.29 is 80.2 Å². The first-order valence-electron chi connectivity index (χ1n) is 40.0. The largest absolute Gasteiger partial charge is 0.472 e. The molecule has 0 aliphatic rings. The second-order valence-corrected chi connectivity index (χ2v) is 31.4. The lowest BCUT2D eigenvalue weighted by Gasteiger charge is -2.21. The molecule has 0 aromatic rings. The Bertz CT molecular complexity index is 1860. The Morgan fingerprint density at radius 2 is 0.531 bits per heavy atom. The zero-order valence-corrected chi connectivity index (χ0v) is 64.5. The monoisotopic (exact) mass is 1410 g/mol. The Morgan fingerprint density at radius 1 is 0.302 bits per heavy atom. The van der Waals surface area contributed by atoms with Crippen molar-refractivity contribution in [1.29, 1.82) is 0 Å². The van der Waals surface area contributed by atoms with Crippen LogP contribution in [0.4, 0.5) is 0 Å². The molecule has 0 spiro atoms. The summed E-state index contributed by atoms with van der Waals surface area (Å²) < 4.78 is 68.6. The minimum absolute atomic E-state index is 0.107. The van der Waals surface area contributed by atoms with Crippen molar-refractivity contribution in [3.63, 3.8) is 0 Å². The van der Waals surface area contributed by atoms with Gasteiger partial charge < -0.3 is 33.8 Å². The third kappa shape index (κ3) is 69.2. The topological polar surface area (TPSA) is 237 Å². The van der Waals surface area contributed by atoms with Gasteiger partial charge in [-0.3, -0.25) is 37.3 Å². The molecule has 0 fully saturated rings. The van der Waals surface area contributed by atoms with Gasteiger partial charge in [-0.15, -0.1) is 0 Å². The van der Waals surface area contributed by atoms with Gasteiger partial charge >= 0.3 is 39.5 Å². The minimum atomic E-state index is -4.96. The van der Waals surface area contributed by atoms with Gasteiger partial charge in [-0.1, -0.05) is 350 Å². The Labute approximate surface area is 588 Å². The number of carbonyl (C=O) groups is 4. The number of phosphoric acid groups is 2. The summed E-state index contributed by atoms with van der Waals surface area (Å²) in [5.74, 6) is -0.595. The molecule has 0 aliphatic carbocycles. The maximum atomic E-state index is 13.1. The van der Waals surface area contributed by atoms with E-state index in [1.807, 2.05) is 0 Å². The normalized spacial score (nSPS) is 14.3. The number of hydrogen-bond acceptors (Lipinski definition) is 15. The van der Waals surface area contributed by atoms with Crippen molar-refractivity contribution in [3.8, 4) is 0 Å². The fraction of sp³-hybridized carbons (Fsp3) is 0.948. The summed E-state index contributed by atoms with van der Waals surface area (Å²) in [6.07, 6.45) is 56.8. The highest BCUT2D eigenvalue weighted by Crippen LogP contribution is 2.45. The highest BCUT2D eigenvalue weighted by Gasteiger charge is 2.30. The first-order chi connectivity index (χ1) is 46.4. The molecule has 0 rings (SSSR count). The summed E-state index contributed by atoms with van der Waals surface area (Å²) in [5.41, 5.74) is 0. The second kappa shape index (κ2) is 68.8.